The van der Waals surface area contributed by atoms with Gasteiger partial charge in [0.25, 0.3) is 0 Å². The van der Waals surface area contributed by atoms with E-state index in [1.165, 1.54) is 29.5 Å². The van der Waals surface area contributed by atoms with Crippen LogP contribution in [0.1, 0.15) is 31.4 Å². The zero-order valence-corrected chi connectivity index (χ0v) is 22.1. The van der Waals surface area contributed by atoms with Gasteiger partial charge in [-0.25, -0.2) is 9.37 Å². The lowest BCUT2D eigenvalue weighted by atomic mass is 9.88. The quantitative estimate of drug-likeness (QED) is 0.369. The Bertz CT molecular complexity index is 1300. The monoisotopic (exact) mass is 527 g/mol. The van der Waals surface area contributed by atoms with E-state index in [2.05, 4.69) is 27.2 Å². The highest BCUT2D eigenvalue weighted by Gasteiger charge is 2.28. The molecule has 1 aliphatic rings. The maximum atomic E-state index is 14.2. The zero-order valence-electron chi connectivity index (χ0n) is 21.4. The minimum Gasteiger partial charge on any atom is -0.495 e. The van der Waals surface area contributed by atoms with Crippen molar-refractivity contribution in [2.75, 3.05) is 37.5 Å². The minimum atomic E-state index is -0.925. The number of methoxy groups -OCH3 is 1. The summed E-state index contributed by atoms with van der Waals surface area (Å²) < 4.78 is 19.8. The first-order valence-corrected chi connectivity index (χ1v) is 12.4. The molecule has 0 spiro atoms. The van der Waals surface area contributed by atoms with Crippen molar-refractivity contribution < 1.29 is 19.0 Å². The zero-order chi connectivity index (χ0) is 26.7. The van der Waals surface area contributed by atoms with E-state index < -0.39 is 17.2 Å². The Morgan fingerprint density at radius 1 is 1.30 bits per heavy atom. The number of fused-ring (bicyclic) bond motifs is 1. The van der Waals surface area contributed by atoms with Crippen molar-refractivity contribution in [3.63, 3.8) is 0 Å². The Morgan fingerprint density at radius 2 is 2.08 bits per heavy atom. The Balaban J connectivity index is 1.73. The van der Waals surface area contributed by atoms with Gasteiger partial charge in [0.2, 0.25) is 5.95 Å². The maximum absolute atomic E-state index is 14.2. The lowest BCUT2D eigenvalue weighted by molar-refractivity contribution is -0.139. The molecule has 8 nitrogen and oxygen atoms in total. The molecule has 0 saturated heterocycles. The summed E-state index contributed by atoms with van der Waals surface area (Å²) in [6.07, 6.45) is 2.33. The van der Waals surface area contributed by atoms with Crippen LogP contribution in [0.25, 0.3) is 0 Å². The summed E-state index contributed by atoms with van der Waals surface area (Å²) in [6.45, 7) is 5.70. The van der Waals surface area contributed by atoms with Gasteiger partial charge in [-0.15, -0.1) is 0 Å². The molecule has 10 heteroatoms. The van der Waals surface area contributed by atoms with E-state index in [4.69, 9.17) is 16.3 Å². The molecular weight excluding hydrogens is 497 g/mol. The average Bonchev–Trinajstić information content (AvgIpc) is 2.82. The normalized spacial score (nSPS) is 13.7. The number of carbonyl (C=O) groups is 1. The van der Waals surface area contributed by atoms with E-state index in [9.17, 15) is 14.3 Å². The number of ether oxygens (including phenoxy) is 1. The van der Waals surface area contributed by atoms with Gasteiger partial charge in [0.1, 0.15) is 16.6 Å². The van der Waals surface area contributed by atoms with E-state index in [-0.39, 0.29) is 23.9 Å². The third kappa shape index (κ3) is 6.47. The summed E-state index contributed by atoms with van der Waals surface area (Å²) in [5.74, 6) is -0.0663. The predicted molar refractivity (Wildman–Crippen MR) is 143 cm³/mol. The molecule has 0 saturated carbocycles. The van der Waals surface area contributed by atoms with Gasteiger partial charge in [0.05, 0.1) is 25.4 Å². The lowest BCUT2D eigenvalue weighted by Crippen LogP contribution is -2.33. The van der Waals surface area contributed by atoms with Crippen LogP contribution < -0.4 is 15.0 Å². The van der Waals surface area contributed by atoms with Gasteiger partial charge in [0.15, 0.2) is 5.82 Å². The van der Waals surface area contributed by atoms with Crippen molar-refractivity contribution in [3.05, 3.63) is 64.6 Å². The van der Waals surface area contributed by atoms with Crippen molar-refractivity contribution in [1.29, 1.82) is 0 Å². The van der Waals surface area contributed by atoms with Gasteiger partial charge >= 0.3 is 5.97 Å². The van der Waals surface area contributed by atoms with E-state index in [1.807, 2.05) is 26.0 Å². The summed E-state index contributed by atoms with van der Waals surface area (Å²) in [5, 5.41) is 12.9. The van der Waals surface area contributed by atoms with Crippen LogP contribution in [0.4, 0.5) is 27.5 Å². The number of benzene rings is 2. The number of aromatic nitrogens is 2. The van der Waals surface area contributed by atoms with Gasteiger partial charge in [-0.2, -0.15) is 4.98 Å². The van der Waals surface area contributed by atoms with Crippen LogP contribution in [0.2, 0.25) is 5.02 Å². The first kappa shape index (κ1) is 26.6. The van der Waals surface area contributed by atoms with Gasteiger partial charge < -0.3 is 25.0 Å². The highest BCUT2D eigenvalue weighted by molar-refractivity contribution is 6.33. The van der Waals surface area contributed by atoms with Gasteiger partial charge in [-0.05, 0) is 60.3 Å². The number of carboxylic acids is 1. The standard InChI is InChI=1S/C27H31ClFN5O3/c1-27(2,13-24(35)36)16-34(20-7-5-6-19(29)12-20)25-21(28)14-30-26(32-25)31-22-10-18-15-33(3)9-8-17(18)11-23(22)37-4/h5-7,10-12,14H,8-9,13,15-16H2,1-4H3,(H,35,36)(H,30,31,32). The molecule has 2 N–H and O–H groups in total. The fraction of sp³-hybridized carbons (Fsp3) is 0.370. The smallest absolute Gasteiger partial charge is 0.303 e. The van der Waals surface area contributed by atoms with E-state index in [1.54, 1.807) is 24.1 Å². The van der Waals surface area contributed by atoms with Crippen LogP contribution in [-0.4, -0.2) is 53.2 Å². The minimum absolute atomic E-state index is 0.0899. The van der Waals surface area contributed by atoms with Crippen LogP contribution in [0.15, 0.2) is 42.6 Å². The van der Waals surface area contributed by atoms with E-state index >= 15 is 0 Å². The van der Waals surface area contributed by atoms with Crippen molar-refractivity contribution in [2.24, 2.45) is 5.41 Å². The number of hydrogen-bond donors (Lipinski definition) is 2. The number of nitrogens with one attached hydrogen (secondary N) is 1. The molecule has 3 aromatic rings. The molecule has 0 radical (unpaired) electrons. The van der Waals surface area contributed by atoms with Crippen LogP contribution in [0, 0.1) is 11.2 Å². The predicted octanol–water partition coefficient (Wildman–Crippen LogP) is 5.65. The highest BCUT2D eigenvalue weighted by atomic mass is 35.5. The van der Waals surface area contributed by atoms with E-state index in [0.29, 0.717) is 22.9 Å². The molecule has 0 fully saturated rings. The Kier molecular flexibility index (Phi) is 7.85. The van der Waals surface area contributed by atoms with Crippen molar-refractivity contribution in [3.8, 4) is 5.75 Å². The fourth-order valence-electron chi connectivity index (χ4n) is 4.55. The lowest BCUT2D eigenvalue weighted by Gasteiger charge is -2.33. The average molecular weight is 528 g/mol. The number of aliphatic carboxylic acids is 1. The van der Waals surface area contributed by atoms with Crippen molar-refractivity contribution in [1.82, 2.24) is 14.9 Å². The maximum Gasteiger partial charge on any atom is 0.303 e. The highest BCUT2D eigenvalue weighted by Crippen LogP contribution is 2.37. The van der Waals surface area contributed by atoms with Crippen LogP contribution in [-0.2, 0) is 17.8 Å². The number of rotatable bonds is 9. The molecule has 196 valence electrons. The molecule has 4 rings (SSSR count). The number of hydrogen-bond acceptors (Lipinski definition) is 7. The fourth-order valence-corrected chi connectivity index (χ4v) is 4.74. The topological polar surface area (TPSA) is 90.8 Å². The van der Waals surface area contributed by atoms with Gasteiger partial charge in [-0.1, -0.05) is 31.5 Å². The van der Waals surface area contributed by atoms with Crippen molar-refractivity contribution in [2.45, 2.75) is 33.2 Å². The summed E-state index contributed by atoms with van der Waals surface area (Å²) in [5.41, 5.74) is 2.99. The molecule has 0 amide bonds. The summed E-state index contributed by atoms with van der Waals surface area (Å²) in [4.78, 5) is 24.5. The summed E-state index contributed by atoms with van der Waals surface area (Å²) >= 11 is 6.55. The second-order valence-corrected chi connectivity index (χ2v) is 10.5. The number of anilines is 4. The third-order valence-electron chi connectivity index (χ3n) is 6.29. The first-order chi connectivity index (χ1) is 17.5. The molecule has 0 aliphatic carbocycles. The number of nitrogens with zero attached hydrogens (tertiary/aromatic N) is 4. The Morgan fingerprint density at radius 3 is 2.78 bits per heavy atom. The molecule has 0 bridgehead atoms. The molecule has 1 aromatic heterocycles. The van der Waals surface area contributed by atoms with Gasteiger partial charge in [0, 0.05) is 25.3 Å². The molecule has 0 unspecified atom stereocenters. The Hall–Kier alpha value is -3.43. The SMILES string of the molecule is COc1cc2c(cc1Nc1ncc(Cl)c(N(CC(C)(C)CC(=O)O)c3cccc(F)c3)n1)CN(C)CC2. The number of carboxylic acid groups (broad SMARTS) is 1. The van der Waals surface area contributed by atoms with Gasteiger partial charge in [-0.3, -0.25) is 4.79 Å². The van der Waals surface area contributed by atoms with Crippen LogP contribution in [0.5, 0.6) is 5.75 Å². The third-order valence-corrected chi connectivity index (χ3v) is 6.56. The summed E-state index contributed by atoms with van der Waals surface area (Å²) in [7, 11) is 3.70. The van der Waals surface area contributed by atoms with Crippen LogP contribution in [0.3, 0.4) is 0 Å². The molecule has 1 aliphatic heterocycles. The second-order valence-electron chi connectivity index (χ2n) is 10.1. The second kappa shape index (κ2) is 10.9. The number of likely N-dealkylation sites (N-methyl/N-ethyl adjacent to an activating group) is 1. The molecule has 0 atom stereocenters. The molecule has 2 aromatic carbocycles. The molecular formula is C27H31ClFN5O3. The first-order valence-electron chi connectivity index (χ1n) is 12.0. The Labute approximate surface area is 221 Å². The molecule has 37 heavy (non-hydrogen) atoms. The van der Waals surface area contributed by atoms with Crippen molar-refractivity contribution >= 4 is 40.7 Å². The largest absolute Gasteiger partial charge is 0.495 e. The van der Waals surface area contributed by atoms with Crippen LogP contribution >= 0.6 is 11.6 Å². The molecule has 2 heterocycles. The number of halogens is 2. The van der Waals surface area contributed by atoms with E-state index in [0.717, 1.165) is 19.5 Å². The summed E-state index contributed by atoms with van der Waals surface area (Å²) in [6, 6.07) is 10.1.